The molecule has 2 aromatic rings. The Morgan fingerprint density at radius 3 is 2.81 bits per heavy atom. The lowest BCUT2D eigenvalue weighted by atomic mass is 10.2. The molecule has 114 valence electrons. The molecule has 1 aromatic carbocycles. The number of hydrogen-bond acceptors (Lipinski definition) is 4. The van der Waals surface area contributed by atoms with Crippen LogP contribution >= 0.6 is 15.9 Å². The van der Waals surface area contributed by atoms with Gasteiger partial charge in [-0.15, -0.1) is 0 Å². The fraction of sp³-hybridized carbons (Fsp3) is 0.467. The van der Waals surface area contributed by atoms with Gasteiger partial charge in [0.25, 0.3) is 0 Å². The third-order valence-corrected chi connectivity index (χ3v) is 3.61. The van der Waals surface area contributed by atoms with Crippen LogP contribution < -0.4 is 9.47 Å². The van der Waals surface area contributed by atoms with Crippen LogP contribution in [0.2, 0.25) is 0 Å². The van der Waals surface area contributed by atoms with Crippen molar-refractivity contribution in [1.82, 2.24) is 14.8 Å². The van der Waals surface area contributed by atoms with Gasteiger partial charge in [0.05, 0.1) is 7.11 Å². The van der Waals surface area contributed by atoms with E-state index in [1.165, 1.54) is 0 Å². The Morgan fingerprint density at radius 2 is 2.14 bits per heavy atom. The second-order valence-corrected chi connectivity index (χ2v) is 5.71. The molecular weight excluding hydrogens is 334 g/mol. The molecule has 1 heterocycles. The lowest BCUT2D eigenvalue weighted by molar-refractivity contribution is 0.280. The van der Waals surface area contributed by atoms with Crippen LogP contribution in [0, 0.1) is 5.92 Å². The van der Waals surface area contributed by atoms with Crippen LogP contribution in [0.15, 0.2) is 24.5 Å². The highest BCUT2D eigenvalue weighted by molar-refractivity contribution is 9.08. The van der Waals surface area contributed by atoms with Gasteiger partial charge in [-0.2, -0.15) is 5.10 Å². The Morgan fingerprint density at radius 1 is 1.33 bits per heavy atom. The van der Waals surface area contributed by atoms with Gasteiger partial charge in [0, 0.05) is 17.4 Å². The van der Waals surface area contributed by atoms with Crippen LogP contribution in [0.4, 0.5) is 0 Å². The summed E-state index contributed by atoms with van der Waals surface area (Å²) in [6, 6.07) is 5.77. The van der Waals surface area contributed by atoms with Crippen molar-refractivity contribution >= 4 is 15.9 Å². The smallest absolute Gasteiger partial charge is 0.164 e. The lowest BCUT2D eigenvalue weighted by Gasteiger charge is -2.12. The monoisotopic (exact) mass is 353 g/mol. The molecule has 0 aliphatic heterocycles. The summed E-state index contributed by atoms with van der Waals surface area (Å²) in [5.41, 5.74) is 1.05. The summed E-state index contributed by atoms with van der Waals surface area (Å²) in [4.78, 5) is 4.26. The topological polar surface area (TPSA) is 49.2 Å². The van der Waals surface area contributed by atoms with E-state index in [2.05, 4.69) is 39.9 Å². The van der Waals surface area contributed by atoms with E-state index in [1.807, 2.05) is 22.9 Å². The quantitative estimate of drug-likeness (QED) is 0.715. The minimum Gasteiger partial charge on any atom is -0.497 e. The Kier molecular flexibility index (Phi) is 5.61. The zero-order valence-corrected chi connectivity index (χ0v) is 14.1. The van der Waals surface area contributed by atoms with Gasteiger partial charge in [-0.25, -0.2) is 9.67 Å². The predicted molar refractivity (Wildman–Crippen MR) is 84.8 cm³/mol. The highest BCUT2D eigenvalue weighted by Gasteiger charge is 2.09. The first-order chi connectivity index (χ1) is 10.1. The van der Waals surface area contributed by atoms with Gasteiger partial charge in [-0.3, -0.25) is 0 Å². The number of hydrogen-bond donors (Lipinski definition) is 0. The largest absolute Gasteiger partial charge is 0.497 e. The molecule has 0 aliphatic carbocycles. The number of rotatable bonds is 7. The van der Waals surface area contributed by atoms with Crippen molar-refractivity contribution in [2.75, 3.05) is 7.11 Å². The van der Waals surface area contributed by atoms with Crippen molar-refractivity contribution in [3.8, 4) is 11.5 Å². The summed E-state index contributed by atoms with van der Waals surface area (Å²) < 4.78 is 13.0. The molecule has 0 N–H and O–H groups in total. The zero-order chi connectivity index (χ0) is 15.2. The van der Waals surface area contributed by atoms with Gasteiger partial charge in [0.2, 0.25) is 0 Å². The number of benzene rings is 1. The SMILES string of the molecule is COc1ccc(OCc2ncnn2CC(C)C)c(CBr)c1. The van der Waals surface area contributed by atoms with E-state index < -0.39 is 0 Å². The molecule has 21 heavy (non-hydrogen) atoms. The summed E-state index contributed by atoms with van der Waals surface area (Å²) in [5, 5.41) is 4.94. The Labute approximate surface area is 133 Å². The fourth-order valence-corrected chi connectivity index (χ4v) is 2.41. The maximum atomic E-state index is 5.89. The lowest BCUT2D eigenvalue weighted by Crippen LogP contribution is -2.12. The summed E-state index contributed by atoms with van der Waals surface area (Å²) in [6.45, 7) is 5.54. The first-order valence-corrected chi connectivity index (χ1v) is 7.98. The predicted octanol–water partition coefficient (Wildman–Crippen LogP) is 3.42. The number of nitrogens with zero attached hydrogens (tertiary/aromatic N) is 3. The van der Waals surface area contributed by atoms with E-state index in [4.69, 9.17) is 9.47 Å². The molecule has 2 rings (SSSR count). The van der Waals surface area contributed by atoms with E-state index in [0.29, 0.717) is 17.9 Å². The minimum absolute atomic E-state index is 0.402. The van der Waals surface area contributed by atoms with Crippen molar-refractivity contribution in [3.05, 3.63) is 35.9 Å². The van der Waals surface area contributed by atoms with Crippen molar-refractivity contribution in [2.45, 2.75) is 32.3 Å². The number of ether oxygens (including phenoxy) is 2. The first-order valence-electron chi connectivity index (χ1n) is 6.86. The number of aromatic nitrogens is 3. The van der Waals surface area contributed by atoms with Crippen LogP contribution in [0.25, 0.3) is 0 Å². The van der Waals surface area contributed by atoms with Crippen LogP contribution in [0.5, 0.6) is 11.5 Å². The second-order valence-electron chi connectivity index (χ2n) is 5.15. The highest BCUT2D eigenvalue weighted by atomic mass is 79.9. The molecule has 0 radical (unpaired) electrons. The Balaban J connectivity index is 2.08. The zero-order valence-electron chi connectivity index (χ0n) is 12.5. The molecule has 0 saturated carbocycles. The van der Waals surface area contributed by atoms with Gasteiger partial charge in [-0.1, -0.05) is 29.8 Å². The van der Waals surface area contributed by atoms with Gasteiger partial charge in [0.1, 0.15) is 24.4 Å². The molecule has 5 nitrogen and oxygen atoms in total. The molecule has 0 saturated heterocycles. The van der Waals surface area contributed by atoms with E-state index in [0.717, 1.165) is 29.4 Å². The Hall–Kier alpha value is -1.56. The summed E-state index contributed by atoms with van der Waals surface area (Å²) >= 11 is 3.47. The number of methoxy groups -OCH3 is 1. The maximum absolute atomic E-state index is 5.89. The fourth-order valence-electron chi connectivity index (χ4n) is 1.97. The number of alkyl halides is 1. The molecule has 0 spiro atoms. The first kappa shape index (κ1) is 15.8. The van der Waals surface area contributed by atoms with Crippen LogP contribution in [-0.2, 0) is 18.5 Å². The average molecular weight is 354 g/mol. The summed E-state index contributed by atoms with van der Waals surface area (Å²) in [7, 11) is 1.66. The number of halogens is 1. The highest BCUT2D eigenvalue weighted by Crippen LogP contribution is 2.26. The Bertz CT molecular complexity index is 584. The van der Waals surface area contributed by atoms with E-state index in [1.54, 1.807) is 13.4 Å². The van der Waals surface area contributed by atoms with Crippen molar-refractivity contribution in [3.63, 3.8) is 0 Å². The third kappa shape index (κ3) is 4.20. The van der Waals surface area contributed by atoms with Gasteiger partial charge >= 0.3 is 0 Å². The molecule has 0 aliphatic rings. The molecule has 1 aromatic heterocycles. The standard InChI is InChI=1S/C15H20BrN3O2/c1-11(2)8-19-15(17-10-18-19)9-21-14-5-4-13(20-3)6-12(14)7-16/h4-6,10-11H,7-9H2,1-3H3. The third-order valence-electron chi connectivity index (χ3n) is 3.00. The van der Waals surface area contributed by atoms with E-state index in [9.17, 15) is 0 Å². The second kappa shape index (κ2) is 7.45. The molecule has 0 amide bonds. The maximum Gasteiger partial charge on any atom is 0.164 e. The summed E-state index contributed by atoms with van der Waals surface area (Å²) in [5.74, 6) is 3.00. The normalized spacial score (nSPS) is 10.9. The van der Waals surface area contributed by atoms with Crippen LogP contribution in [0.3, 0.4) is 0 Å². The van der Waals surface area contributed by atoms with Crippen molar-refractivity contribution in [1.29, 1.82) is 0 Å². The van der Waals surface area contributed by atoms with Crippen molar-refractivity contribution in [2.24, 2.45) is 5.92 Å². The van der Waals surface area contributed by atoms with Crippen LogP contribution in [0.1, 0.15) is 25.2 Å². The molecular formula is C15H20BrN3O2. The van der Waals surface area contributed by atoms with Crippen molar-refractivity contribution < 1.29 is 9.47 Å². The van der Waals surface area contributed by atoms with E-state index in [-0.39, 0.29) is 0 Å². The molecule has 0 fully saturated rings. The van der Waals surface area contributed by atoms with Gasteiger partial charge in [-0.05, 0) is 24.1 Å². The molecule has 0 atom stereocenters. The molecule has 6 heteroatoms. The van der Waals surface area contributed by atoms with E-state index >= 15 is 0 Å². The van der Waals surface area contributed by atoms with Gasteiger partial charge < -0.3 is 9.47 Å². The van der Waals surface area contributed by atoms with Crippen LogP contribution in [-0.4, -0.2) is 21.9 Å². The summed E-state index contributed by atoms with van der Waals surface area (Å²) in [6.07, 6.45) is 1.57. The average Bonchev–Trinajstić information content (AvgIpc) is 2.91. The molecule has 0 unspecified atom stereocenters. The van der Waals surface area contributed by atoms with Gasteiger partial charge in [0.15, 0.2) is 5.82 Å². The minimum atomic E-state index is 0.402. The molecule has 0 bridgehead atoms.